The summed E-state index contributed by atoms with van der Waals surface area (Å²) in [5.74, 6) is 0.561. The van der Waals surface area contributed by atoms with Crippen molar-refractivity contribution in [2.75, 3.05) is 65.9 Å². The number of carbonyl (C=O) groups is 3. The summed E-state index contributed by atoms with van der Waals surface area (Å²) in [7, 11) is -9.28. The van der Waals surface area contributed by atoms with Crippen LogP contribution >= 0.6 is 15.6 Å². The quantitative estimate of drug-likeness (QED) is 0.0252. The molecule has 6 unspecified atom stereocenters. The minimum Gasteiger partial charge on any atom is -0.647 e. The summed E-state index contributed by atoms with van der Waals surface area (Å²) in [6.07, 6.45) is 74.4. The Kier molecular flexibility index (Phi) is 89.9. The Morgan fingerprint density at radius 1 is 0.292 bits per heavy atom. The van der Waals surface area contributed by atoms with Crippen LogP contribution in [0.15, 0.2) is 0 Å². The van der Waals surface area contributed by atoms with E-state index in [1.165, 1.54) is 321 Å². The van der Waals surface area contributed by atoms with Crippen LogP contribution < -0.4 is 69.7 Å². The van der Waals surface area contributed by atoms with Crippen molar-refractivity contribution in [2.24, 2.45) is 11.8 Å². The van der Waals surface area contributed by atoms with E-state index in [0.29, 0.717) is 37.9 Å². The molecular formula is C85H170N4Na2O13P2. The number of ether oxygens (including phenoxy) is 2. The number of carbonyl (C=O) groups excluding carboxylic acids is 3. The molecule has 4 N–H and O–H groups in total. The molecule has 0 rings (SSSR count). The van der Waals surface area contributed by atoms with Crippen molar-refractivity contribution < 1.29 is 120 Å². The first-order chi connectivity index (χ1) is 50.7. The molecule has 0 saturated heterocycles. The average Bonchev–Trinajstić information content (AvgIpc) is 0.918. The van der Waals surface area contributed by atoms with Gasteiger partial charge in [0.1, 0.15) is 0 Å². The van der Waals surface area contributed by atoms with Crippen LogP contribution in [0.4, 0.5) is 4.79 Å². The number of urea groups is 1. The second kappa shape index (κ2) is 86.2. The molecule has 0 aliphatic heterocycles. The molecule has 17 nitrogen and oxygen atoms in total. The van der Waals surface area contributed by atoms with Gasteiger partial charge in [0, 0.05) is 52.7 Å². The van der Waals surface area contributed by atoms with Crippen molar-refractivity contribution in [2.45, 2.75) is 452 Å². The molecule has 620 valence electrons. The summed E-state index contributed by atoms with van der Waals surface area (Å²) in [4.78, 5) is 60.7. The Morgan fingerprint density at radius 3 is 0.745 bits per heavy atom. The van der Waals surface area contributed by atoms with Crippen molar-refractivity contribution in [1.82, 2.24) is 10.6 Å². The molecule has 0 aromatic heterocycles. The molecule has 0 saturated carbocycles. The van der Waals surface area contributed by atoms with Crippen LogP contribution in [0, 0.1) is 11.8 Å². The fourth-order valence-corrected chi connectivity index (χ4v) is 15.4. The number of hydrogen-bond donors (Lipinski definition) is 4. The number of hydrogen-bond acceptors (Lipinski definition) is 11. The number of nitrogens with one attached hydrogen (secondary N) is 2. The molecule has 4 amide bonds. The third kappa shape index (κ3) is 82.3. The monoisotopic (exact) mass is 1560 g/mol. The fourth-order valence-electron chi connectivity index (χ4n) is 13.9. The van der Waals surface area contributed by atoms with E-state index in [1.807, 2.05) is 0 Å². The molecule has 0 aromatic rings. The molecule has 0 radical (unpaired) electrons. The van der Waals surface area contributed by atoms with Gasteiger partial charge in [-0.3, -0.25) is 18.1 Å². The van der Waals surface area contributed by atoms with E-state index >= 15 is 0 Å². The van der Waals surface area contributed by atoms with E-state index in [2.05, 4.69) is 62.8 Å². The van der Waals surface area contributed by atoms with Crippen LogP contribution in [-0.2, 0) is 46.3 Å². The zero-order valence-electron chi connectivity index (χ0n) is 70.9. The van der Waals surface area contributed by atoms with Gasteiger partial charge in [0.05, 0.1) is 25.0 Å². The number of phosphoric ester groups is 2. The van der Waals surface area contributed by atoms with Gasteiger partial charge in [0.25, 0.3) is 0 Å². The fraction of sp³-hybridized carbons (Fsp3) is 0.965. The van der Waals surface area contributed by atoms with Gasteiger partial charge in [0.15, 0.2) is 0 Å². The van der Waals surface area contributed by atoms with Gasteiger partial charge in [-0.25, -0.2) is 13.9 Å². The van der Waals surface area contributed by atoms with Gasteiger partial charge in [-0.2, -0.15) is 0 Å². The predicted octanol–water partition coefficient (Wildman–Crippen LogP) is 20.7. The Balaban J connectivity index is -0.0000530. The van der Waals surface area contributed by atoms with Gasteiger partial charge in [-0.15, -0.1) is 0 Å². The van der Waals surface area contributed by atoms with Crippen LogP contribution in [-0.4, -0.2) is 106 Å². The molecule has 0 aromatic carbocycles. The van der Waals surface area contributed by atoms with Crippen LogP contribution in [0.25, 0.3) is 10.6 Å². The topological polar surface area (TPSA) is 233 Å². The standard InChI is InChI=1S/C85H172N4O13P2.2Na/c1-7-13-19-25-29-33-37-41-45-51-57-63-79(61-55-49-23-17-11-5)67-71-97-75-81(88-83(90)65-59-53-47-43-39-35-31-27-21-15-9-3)77-101-103(93,94)99-73-69-86-85(92)87-70-74-100-104(95,96)102-78-82(89-84(91)66-60-54-48-44-40-36-32-28-22-16-10-4)76-98-72-68-80(62-56-50-24-18-12-6)64-58-52-46-42-38-34-30-26-20-14-8-2;;/h79-82H,7-78H2,1-6H3,(H6,86,87,88,89,90,91,92,93,94,95,96);;/q;2*+1/p-2. The van der Waals surface area contributed by atoms with Gasteiger partial charge in [-0.05, 0) is 50.4 Å². The molecule has 0 spiro atoms. The number of nitrogens with zero attached hydrogens (tertiary/aromatic N) is 2. The Bertz CT molecular complexity index is 1810. The van der Waals surface area contributed by atoms with Gasteiger partial charge in [0.2, 0.25) is 0 Å². The largest absolute Gasteiger partial charge is 1.00 e. The molecule has 0 aliphatic carbocycles. The third-order valence-electron chi connectivity index (χ3n) is 20.6. The number of unbranched alkanes of at least 4 members (excludes halogenated alkanes) is 48. The summed E-state index contributed by atoms with van der Waals surface area (Å²) in [6.45, 7) is 12.9. The van der Waals surface area contributed by atoms with Crippen LogP contribution in [0.5, 0.6) is 0 Å². The maximum Gasteiger partial charge on any atom is 1.00 e. The van der Waals surface area contributed by atoms with Crippen LogP contribution in [0.3, 0.4) is 0 Å². The summed E-state index contributed by atoms with van der Waals surface area (Å²) in [5.41, 5.74) is 0. The SMILES string of the molecule is CCCCCCCCCCCCCC(=O)[N-]C(COCCC(CCCCCCC)CCCCCCCCCCCCC)COP(=O)(O)OCCNC(=O)NCCOP(=O)(O)OCC(COCCC(CCCCCCC)CCCCCCCCCCCCC)[N-]C(=O)CCCCCCCCCCCCC.[Na+].[Na+]. The van der Waals surface area contributed by atoms with Gasteiger partial charge < -0.3 is 50.1 Å². The van der Waals surface area contributed by atoms with Crippen LogP contribution in [0.1, 0.15) is 440 Å². The molecule has 0 bridgehead atoms. The van der Waals surface area contributed by atoms with Crippen molar-refractivity contribution in [1.29, 1.82) is 0 Å². The summed E-state index contributed by atoms with van der Waals surface area (Å²) in [5, 5.41) is 13.9. The van der Waals surface area contributed by atoms with E-state index in [0.717, 1.165) is 64.2 Å². The number of amides is 4. The molecule has 0 heterocycles. The second-order valence-corrected chi connectivity index (χ2v) is 33.7. The first-order valence-corrected chi connectivity index (χ1v) is 47.6. The average molecular weight is 1560 g/mol. The molecule has 106 heavy (non-hydrogen) atoms. The van der Waals surface area contributed by atoms with Crippen molar-refractivity contribution >= 4 is 33.5 Å². The Morgan fingerprint density at radius 2 is 0.509 bits per heavy atom. The minimum atomic E-state index is -4.64. The summed E-state index contributed by atoms with van der Waals surface area (Å²) >= 11 is 0. The van der Waals surface area contributed by atoms with E-state index in [4.69, 9.17) is 27.6 Å². The van der Waals surface area contributed by atoms with E-state index in [1.54, 1.807) is 0 Å². The van der Waals surface area contributed by atoms with E-state index < -0.39 is 33.8 Å². The molecule has 21 heteroatoms. The Labute approximate surface area is 698 Å². The van der Waals surface area contributed by atoms with E-state index in [9.17, 15) is 33.3 Å². The van der Waals surface area contributed by atoms with Crippen LogP contribution in [0.2, 0.25) is 0 Å². The second-order valence-electron chi connectivity index (χ2n) is 30.8. The maximum absolute atomic E-state index is 13.3. The first kappa shape index (κ1) is 111. The van der Waals surface area contributed by atoms with Crippen molar-refractivity contribution in [3.63, 3.8) is 0 Å². The van der Waals surface area contributed by atoms with Gasteiger partial charge in [-0.1, -0.05) is 413 Å². The molecule has 6 atom stereocenters. The Hall–Kier alpha value is 0.350. The first-order valence-electron chi connectivity index (χ1n) is 44.6. The number of phosphoric acid groups is 2. The molecular weight excluding hydrogens is 1390 g/mol. The third-order valence-corrected chi connectivity index (χ3v) is 22.6. The number of rotatable bonds is 86. The van der Waals surface area contributed by atoms with Crippen molar-refractivity contribution in [3.05, 3.63) is 10.6 Å². The zero-order chi connectivity index (χ0) is 76.0. The molecule has 0 fully saturated rings. The minimum absolute atomic E-state index is 0. The summed E-state index contributed by atoms with van der Waals surface area (Å²) in [6, 6.07) is -2.28. The van der Waals surface area contributed by atoms with E-state index in [-0.39, 0.29) is 124 Å². The maximum atomic E-state index is 13.3. The normalized spacial score (nSPS) is 13.8. The molecule has 0 aliphatic rings. The van der Waals surface area contributed by atoms with Gasteiger partial charge >= 0.3 is 80.8 Å². The smallest absolute Gasteiger partial charge is 0.647 e. The van der Waals surface area contributed by atoms with Crippen molar-refractivity contribution in [3.8, 4) is 0 Å². The predicted molar refractivity (Wildman–Crippen MR) is 438 cm³/mol. The summed E-state index contributed by atoms with van der Waals surface area (Å²) < 4.78 is 60.1. The zero-order valence-corrected chi connectivity index (χ0v) is 76.7.